The van der Waals surface area contributed by atoms with E-state index in [9.17, 15) is 18.8 Å². The van der Waals surface area contributed by atoms with Gasteiger partial charge >= 0.3 is 11.9 Å². The van der Waals surface area contributed by atoms with E-state index in [1.54, 1.807) is 19.1 Å². The molecule has 0 amide bonds. The van der Waals surface area contributed by atoms with Gasteiger partial charge in [0.15, 0.2) is 6.61 Å². The van der Waals surface area contributed by atoms with Crippen molar-refractivity contribution >= 4 is 23.8 Å². The average Bonchev–Trinajstić information content (AvgIpc) is 2.96. The summed E-state index contributed by atoms with van der Waals surface area (Å²) in [6.07, 6.45) is 2.75. The first-order valence-corrected chi connectivity index (χ1v) is 8.69. The molecule has 0 spiro atoms. The molecule has 0 bridgehead atoms. The fourth-order valence-electron chi connectivity index (χ4n) is 2.77. The Hall–Kier alpha value is -3.22. The third kappa shape index (κ3) is 5.64. The van der Waals surface area contributed by atoms with E-state index >= 15 is 0 Å². The van der Waals surface area contributed by atoms with Crippen LogP contribution in [0.4, 0.5) is 4.39 Å². The molecule has 1 heterocycles. The van der Waals surface area contributed by atoms with Crippen LogP contribution >= 0.6 is 0 Å². The number of nitrogens with zero attached hydrogens (tertiary/aromatic N) is 1. The number of halogens is 1. The summed E-state index contributed by atoms with van der Waals surface area (Å²) in [6.45, 7) is 3.58. The van der Waals surface area contributed by atoms with E-state index in [2.05, 4.69) is 4.74 Å². The Morgan fingerprint density at radius 3 is 2.61 bits per heavy atom. The highest BCUT2D eigenvalue weighted by molar-refractivity contribution is 6.00. The van der Waals surface area contributed by atoms with E-state index in [0.717, 1.165) is 11.8 Å². The third-order valence-electron chi connectivity index (χ3n) is 4.25. The van der Waals surface area contributed by atoms with Gasteiger partial charge in [0.1, 0.15) is 5.82 Å². The zero-order valence-electron chi connectivity index (χ0n) is 16.0. The molecule has 148 valence electrons. The van der Waals surface area contributed by atoms with Gasteiger partial charge in [0, 0.05) is 29.6 Å². The lowest BCUT2D eigenvalue weighted by Crippen LogP contribution is -2.14. The molecular formula is C21H22FNO5. The zero-order chi connectivity index (χ0) is 20.7. The SMILES string of the molecule is COC(=O)CCn1c(C)cc(C(=O)COC(=O)/C=C/c2cccc(F)c2)c1C. The van der Waals surface area contributed by atoms with Gasteiger partial charge in [-0.1, -0.05) is 12.1 Å². The monoisotopic (exact) mass is 387 g/mol. The number of aromatic nitrogens is 1. The van der Waals surface area contributed by atoms with Gasteiger partial charge in [-0.15, -0.1) is 0 Å². The highest BCUT2D eigenvalue weighted by Gasteiger charge is 2.17. The predicted octanol–water partition coefficient (Wildman–Crippen LogP) is 3.25. The quantitative estimate of drug-likeness (QED) is 0.395. The number of hydrogen-bond donors (Lipinski definition) is 0. The number of ether oxygens (including phenoxy) is 2. The van der Waals surface area contributed by atoms with E-state index in [-0.39, 0.29) is 18.2 Å². The predicted molar refractivity (Wildman–Crippen MR) is 101 cm³/mol. The van der Waals surface area contributed by atoms with Crippen LogP contribution in [0.2, 0.25) is 0 Å². The Kier molecular flexibility index (Phi) is 7.26. The van der Waals surface area contributed by atoms with Crippen LogP contribution in [-0.4, -0.2) is 36.0 Å². The topological polar surface area (TPSA) is 74.6 Å². The summed E-state index contributed by atoms with van der Waals surface area (Å²) < 4.78 is 24.6. The second-order valence-corrected chi connectivity index (χ2v) is 6.18. The number of rotatable bonds is 8. The molecule has 0 N–H and O–H groups in total. The number of ketones is 1. The summed E-state index contributed by atoms with van der Waals surface area (Å²) in [5, 5.41) is 0. The van der Waals surface area contributed by atoms with Gasteiger partial charge in [-0.05, 0) is 43.7 Å². The van der Waals surface area contributed by atoms with Crippen molar-refractivity contribution in [1.82, 2.24) is 4.57 Å². The standard InChI is InChI=1S/C21H22FNO5/c1-14-11-18(15(2)23(14)10-9-20(25)27-3)19(24)13-28-21(26)8-7-16-5-4-6-17(22)12-16/h4-8,11-12H,9-10,13H2,1-3H3/b8-7+. The van der Waals surface area contributed by atoms with Crippen LogP contribution < -0.4 is 0 Å². The summed E-state index contributed by atoms with van der Waals surface area (Å²) in [5.41, 5.74) is 2.46. The molecule has 0 radical (unpaired) electrons. The Balaban J connectivity index is 1.95. The van der Waals surface area contributed by atoms with Gasteiger partial charge in [0.2, 0.25) is 5.78 Å². The number of benzene rings is 1. The van der Waals surface area contributed by atoms with E-state index in [0.29, 0.717) is 23.4 Å². The lowest BCUT2D eigenvalue weighted by Gasteiger charge is -2.08. The van der Waals surface area contributed by atoms with Crippen molar-refractivity contribution in [3.8, 4) is 0 Å². The summed E-state index contributed by atoms with van der Waals surface area (Å²) in [6, 6.07) is 7.44. The highest BCUT2D eigenvalue weighted by atomic mass is 19.1. The molecule has 2 rings (SSSR count). The molecule has 0 saturated heterocycles. The van der Waals surface area contributed by atoms with Gasteiger partial charge < -0.3 is 14.0 Å². The third-order valence-corrected chi connectivity index (χ3v) is 4.25. The fourth-order valence-corrected chi connectivity index (χ4v) is 2.77. The summed E-state index contributed by atoms with van der Waals surface area (Å²) in [7, 11) is 1.32. The number of aryl methyl sites for hydroxylation is 1. The number of methoxy groups -OCH3 is 1. The maximum absolute atomic E-state index is 13.1. The summed E-state index contributed by atoms with van der Waals surface area (Å²) in [5.74, 6) is -1.78. The maximum Gasteiger partial charge on any atom is 0.331 e. The Morgan fingerprint density at radius 2 is 1.93 bits per heavy atom. The Labute approximate surface area is 162 Å². The normalized spacial score (nSPS) is 10.9. The van der Waals surface area contributed by atoms with Crippen molar-refractivity contribution in [3.05, 3.63) is 64.7 Å². The van der Waals surface area contributed by atoms with Crippen LogP contribution in [0.25, 0.3) is 6.08 Å². The van der Waals surface area contributed by atoms with Gasteiger partial charge in [-0.25, -0.2) is 9.18 Å². The highest BCUT2D eigenvalue weighted by Crippen LogP contribution is 2.17. The molecule has 0 unspecified atom stereocenters. The Bertz CT molecular complexity index is 914. The minimum atomic E-state index is -0.697. The van der Waals surface area contributed by atoms with Crippen molar-refractivity contribution in [2.24, 2.45) is 0 Å². The molecular weight excluding hydrogens is 365 g/mol. The lowest BCUT2D eigenvalue weighted by molar-refractivity contribution is -0.141. The molecule has 0 atom stereocenters. The second-order valence-electron chi connectivity index (χ2n) is 6.18. The summed E-state index contributed by atoms with van der Waals surface area (Å²) >= 11 is 0. The first-order valence-electron chi connectivity index (χ1n) is 8.69. The van der Waals surface area contributed by atoms with E-state index < -0.39 is 18.4 Å². The molecule has 0 aliphatic heterocycles. The minimum Gasteiger partial charge on any atom is -0.469 e. The Morgan fingerprint density at radius 1 is 1.18 bits per heavy atom. The molecule has 0 saturated carbocycles. The molecule has 0 aliphatic rings. The zero-order valence-corrected chi connectivity index (χ0v) is 16.0. The van der Waals surface area contributed by atoms with Crippen molar-refractivity contribution in [2.45, 2.75) is 26.8 Å². The first-order chi connectivity index (χ1) is 13.3. The van der Waals surface area contributed by atoms with E-state index in [4.69, 9.17) is 4.74 Å². The van der Waals surface area contributed by atoms with Crippen LogP contribution in [0.5, 0.6) is 0 Å². The minimum absolute atomic E-state index is 0.195. The van der Waals surface area contributed by atoms with Crippen molar-refractivity contribution < 1.29 is 28.2 Å². The largest absolute Gasteiger partial charge is 0.469 e. The smallest absolute Gasteiger partial charge is 0.331 e. The van der Waals surface area contributed by atoms with Crippen LogP contribution in [-0.2, 0) is 25.6 Å². The molecule has 1 aromatic carbocycles. The van der Waals surface area contributed by atoms with Crippen LogP contribution in [0.3, 0.4) is 0 Å². The van der Waals surface area contributed by atoms with Crippen molar-refractivity contribution in [3.63, 3.8) is 0 Å². The van der Waals surface area contributed by atoms with Gasteiger partial charge in [-0.3, -0.25) is 9.59 Å². The average molecular weight is 387 g/mol. The van der Waals surface area contributed by atoms with Gasteiger partial charge in [0.05, 0.1) is 13.5 Å². The van der Waals surface area contributed by atoms with Gasteiger partial charge in [0.25, 0.3) is 0 Å². The molecule has 6 nitrogen and oxygen atoms in total. The molecule has 7 heteroatoms. The van der Waals surface area contributed by atoms with E-state index in [1.165, 1.54) is 31.4 Å². The van der Waals surface area contributed by atoms with Crippen LogP contribution in [0.1, 0.15) is 33.7 Å². The number of hydrogen-bond acceptors (Lipinski definition) is 5. The first kappa shape index (κ1) is 21.1. The van der Waals surface area contributed by atoms with Crippen molar-refractivity contribution in [1.29, 1.82) is 0 Å². The molecule has 2 aromatic rings. The van der Waals surface area contributed by atoms with Crippen LogP contribution in [0, 0.1) is 19.7 Å². The van der Waals surface area contributed by atoms with E-state index in [1.807, 2.05) is 11.5 Å². The molecule has 0 fully saturated rings. The summed E-state index contributed by atoms with van der Waals surface area (Å²) in [4.78, 5) is 35.5. The van der Waals surface area contributed by atoms with Crippen molar-refractivity contribution in [2.75, 3.05) is 13.7 Å². The second kappa shape index (κ2) is 9.64. The number of carbonyl (C=O) groups excluding carboxylic acids is 3. The number of esters is 2. The van der Waals surface area contributed by atoms with Crippen LogP contribution in [0.15, 0.2) is 36.4 Å². The fraction of sp³-hybridized carbons (Fsp3) is 0.286. The van der Waals surface area contributed by atoms with Gasteiger partial charge in [-0.2, -0.15) is 0 Å². The molecule has 1 aromatic heterocycles. The lowest BCUT2D eigenvalue weighted by atomic mass is 10.1. The number of carbonyl (C=O) groups is 3. The number of Topliss-reactive ketones (excluding diaryl/α,β-unsaturated/α-hetero) is 1. The molecule has 0 aliphatic carbocycles. The maximum atomic E-state index is 13.1. The molecule has 28 heavy (non-hydrogen) atoms.